The molecule has 0 unspecified atom stereocenters. The van der Waals surface area contributed by atoms with Crippen molar-refractivity contribution in [1.82, 2.24) is 14.2 Å². The summed E-state index contributed by atoms with van der Waals surface area (Å²) in [5.41, 5.74) is 0.870. The number of benzene rings is 3. The van der Waals surface area contributed by atoms with Gasteiger partial charge in [-0.1, -0.05) is 54.1 Å². The highest BCUT2D eigenvalue weighted by atomic mass is 35.5. The zero-order valence-electron chi connectivity index (χ0n) is 16.6. The van der Waals surface area contributed by atoms with Crippen molar-refractivity contribution >= 4 is 38.3 Å². The first-order chi connectivity index (χ1) is 15.5. The van der Waals surface area contributed by atoms with E-state index in [1.54, 1.807) is 42.5 Å². The molecule has 0 fully saturated rings. The highest BCUT2D eigenvalue weighted by molar-refractivity contribution is 7.90. The average Bonchev–Trinajstić information content (AvgIpc) is 3.48. The fourth-order valence-electron chi connectivity index (χ4n) is 3.34. The molecule has 0 saturated carbocycles. The SMILES string of the molecule is O=S(=O)(c1ccc2ccccc2c1)n1nc(-c2ccco2)nc1NCc1cccc(Cl)c1. The van der Waals surface area contributed by atoms with E-state index in [2.05, 4.69) is 15.4 Å². The molecule has 5 aromatic rings. The Morgan fingerprint density at radius 1 is 0.938 bits per heavy atom. The summed E-state index contributed by atoms with van der Waals surface area (Å²) in [7, 11) is -4.03. The summed E-state index contributed by atoms with van der Waals surface area (Å²) in [6.07, 6.45) is 1.48. The lowest BCUT2D eigenvalue weighted by molar-refractivity contribution is 0.573. The molecule has 9 heteroatoms. The van der Waals surface area contributed by atoms with Crippen LogP contribution in [0.2, 0.25) is 5.02 Å². The summed E-state index contributed by atoms with van der Waals surface area (Å²) in [6, 6.07) is 23.1. The van der Waals surface area contributed by atoms with Gasteiger partial charge in [0.05, 0.1) is 11.2 Å². The van der Waals surface area contributed by atoms with Crippen molar-refractivity contribution in [2.45, 2.75) is 11.4 Å². The van der Waals surface area contributed by atoms with E-state index in [-0.39, 0.29) is 16.7 Å². The van der Waals surface area contributed by atoms with Crippen molar-refractivity contribution in [2.24, 2.45) is 0 Å². The number of aromatic nitrogens is 3. The van der Waals surface area contributed by atoms with Crippen LogP contribution >= 0.6 is 11.6 Å². The molecule has 0 spiro atoms. The van der Waals surface area contributed by atoms with E-state index in [0.29, 0.717) is 17.3 Å². The molecule has 3 aromatic carbocycles. The van der Waals surface area contributed by atoms with Crippen LogP contribution in [0.3, 0.4) is 0 Å². The molecule has 0 bridgehead atoms. The molecule has 0 radical (unpaired) electrons. The summed E-state index contributed by atoms with van der Waals surface area (Å²) in [5, 5.41) is 9.66. The van der Waals surface area contributed by atoms with Crippen molar-refractivity contribution in [3.63, 3.8) is 0 Å². The van der Waals surface area contributed by atoms with Gasteiger partial charge in [-0.25, -0.2) is 0 Å². The predicted molar refractivity (Wildman–Crippen MR) is 123 cm³/mol. The first kappa shape index (κ1) is 20.3. The molecule has 7 nitrogen and oxygen atoms in total. The number of fused-ring (bicyclic) bond motifs is 1. The number of nitrogens with one attached hydrogen (secondary N) is 1. The number of nitrogens with zero attached hydrogens (tertiary/aromatic N) is 3. The lowest BCUT2D eigenvalue weighted by Gasteiger charge is -2.10. The van der Waals surface area contributed by atoms with Crippen LogP contribution in [0, 0.1) is 0 Å². The number of halogens is 1. The Bertz CT molecular complexity index is 1510. The van der Waals surface area contributed by atoms with Crippen molar-refractivity contribution in [2.75, 3.05) is 5.32 Å². The van der Waals surface area contributed by atoms with Crippen LogP contribution in [0.25, 0.3) is 22.4 Å². The van der Waals surface area contributed by atoms with E-state index in [1.807, 2.05) is 36.4 Å². The molecule has 5 rings (SSSR count). The fraction of sp³-hybridized carbons (Fsp3) is 0.0435. The monoisotopic (exact) mass is 464 g/mol. The lowest BCUT2D eigenvalue weighted by Crippen LogP contribution is -2.18. The minimum absolute atomic E-state index is 0.0736. The van der Waals surface area contributed by atoms with Gasteiger partial charge >= 0.3 is 0 Å². The third kappa shape index (κ3) is 3.86. The van der Waals surface area contributed by atoms with Crippen molar-refractivity contribution in [3.8, 4) is 11.6 Å². The third-order valence-electron chi connectivity index (χ3n) is 4.91. The number of anilines is 1. The van der Waals surface area contributed by atoms with Gasteiger partial charge in [0.2, 0.25) is 11.8 Å². The van der Waals surface area contributed by atoms with Crippen LogP contribution in [0.5, 0.6) is 0 Å². The molecule has 0 aliphatic rings. The average molecular weight is 465 g/mol. The van der Waals surface area contributed by atoms with Crippen molar-refractivity contribution < 1.29 is 12.8 Å². The second kappa shape index (κ2) is 8.14. The molecule has 2 aromatic heterocycles. The van der Waals surface area contributed by atoms with E-state index in [4.69, 9.17) is 16.0 Å². The Kier molecular flexibility index (Phi) is 5.16. The van der Waals surface area contributed by atoms with Gasteiger partial charge < -0.3 is 9.73 Å². The van der Waals surface area contributed by atoms with Gasteiger partial charge in [0.25, 0.3) is 10.0 Å². The standard InChI is InChI=1S/C23H17ClN4O3S/c24-19-8-3-5-16(13-19)15-25-23-26-22(21-9-4-12-31-21)27-28(23)32(29,30)20-11-10-17-6-1-2-7-18(17)14-20/h1-14H,15H2,(H,25,26,27). The van der Waals surface area contributed by atoms with Crippen LogP contribution < -0.4 is 5.32 Å². The van der Waals surface area contributed by atoms with Gasteiger partial charge in [-0.3, -0.25) is 0 Å². The quantitative estimate of drug-likeness (QED) is 0.371. The molecule has 0 atom stereocenters. The second-order valence-electron chi connectivity index (χ2n) is 7.08. The molecule has 1 N–H and O–H groups in total. The molecule has 0 saturated heterocycles. The molecule has 0 aliphatic carbocycles. The van der Waals surface area contributed by atoms with Crippen LogP contribution in [0.4, 0.5) is 5.95 Å². The Balaban J connectivity index is 1.57. The summed E-state index contributed by atoms with van der Waals surface area (Å²) in [5.74, 6) is 0.598. The van der Waals surface area contributed by atoms with Crippen LogP contribution in [-0.2, 0) is 16.6 Å². The van der Waals surface area contributed by atoms with Crippen molar-refractivity contribution in [1.29, 1.82) is 0 Å². The van der Waals surface area contributed by atoms with Crippen LogP contribution in [0.1, 0.15) is 5.56 Å². The summed E-state index contributed by atoms with van der Waals surface area (Å²) in [4.78, 5) is 4.49. The zero-order chi connectivity index (χ0) is 22.1. The fourth-order valence-corrected chi connectivity index (χ4v) is 4.79. The number of rotatable bonds is 6. The van der Waals surface area contributed by atoms with E-state index in [1.165, 1.54) is 6.26 Å². The largest absolute Gasteiger partial charge is 0.461 e. The van der Waals surface area contributed by atoms with Gasteiger partial charge in [0.15, 0.2) is 5.76 Å². The molecular weight excluding hydrogens is 448 g/mol. The van der Waals surface area contributed by atoms with E-state index in [9.17, 15) is 8.42 Å². The van der Waals surface area contributed by atoms with Crippen LogP contribution in [0.15, 0.2) is 94.4 Å². The lowest BCUT2D eigenvalue weighted by atomic mass is 10.1. The van der Waals surface area contributed by atoms with Gasteiger partial charge in [-0.2, -0.15) is 13.4 Å². The Labute approximate surface area is 189 Å². The summed E-state index contributed by atoms with van der Waals surface area (Å²) in [6.45, 7) is 0.310. The van der Waals surface area contributed by atoms with Gasteiger partial charge in [0.1, 0.15) is 0 Å². The maximum absolute atomic E-state index is 13.5. The maximum atomic E-state index is 13.5. The molecule has 160 valence electrons. The molecule has 0 aliphatic heterocycles. The van der Waals surface area contributed by atoms with Gasteiger partial charge in [-0.15, -0.1) is 9.19 Å². The third-order valence-corrected chi connectivity index (χ3v) is 6.70. The van der Waals surface area contributed by atoms with Gasteiger partial charge in [0, 0.05) is 11.6 Å². The Morgan fingerprint density at radius 3 is 2.56 bits per heavy atom. The Hall–Kier alpha value is -3.62. The predicted octanol–water partition coefficient (Wildman–Crippen LogP) is 5.19. The molecular formula is C23H17ClN4O3S. The topological polar surface area (TPSA) is 90.0 Å². The molecule has 0 amide bonds. The first-order valence-electron chi connectivity index (χ1n) is 9.74. The highest BCUT2D eigenvalue weighted by Crippen LogP contribution is 2.25. The zero-order valence-corrected chi connectivity index (χ0v) is 18.2. The number of hydrogen-bond acceptors (Lipinski definition) is 6. The normalized spacial score (nSPS) is 11.7. The van der Waals surface area contributed by atoms with E-state index >= 15 is 0 Å². The highest BCUT2D eigenvalue weighted by Gasteiger charge is 2.25. The smallest absolute Gasteiger partial charge is 0.286 e. The number of hydrogen-bond donors (Lipinski definition) is 1. The second-order valence-corrected chi connectivity index (χ2v) is 9.28. The summed E-state index contributed by atoms with van der Waals surface area (Å²) >= 11 is 6.06. The first-order valence-corrected chi connectivity index (χ1v) is 11.6. The number of furan rings is 1. The van der Waals surface area contributed by atoms with Crippen molar-refractivity contribution in [3.05, 3.63) is 95.7 Å². The van der Waals surface area contributed by atoms with Crippen LogP contribution in [-0.4, -0.2) is 22.6 Å². The minimum Gasteiger partial charge on any atom is -0.461 e. The maximum Gasteiger partial charge on any atom is 0.286 e. The minimum atomic E-state index is -4.03. The van der Waals surface area contributed by atoms with E-state index < -0.39 is 10.0 Å². The molecule has 2 heterocycles. The summed E-state index contributed by atoms with van der Waals surface area (Å²) < 4.78 is 33.3. The molecule has 32 heavy (non-hydrogen) atoms. The van der Waals surface area contributed by atoms with E-state index in [0.717, 1.165) is 20.4 Å². The van der Waals surface area contributed by atoms with Gasteiger partial charge in [-0.05, 0) is 52.7 Å². The Morgan fingerprint density at radius 2 is 1.78 bits per heavy atom.